The molecular formula is C29H30N5O6+. The Labute approximate surface area is 230 Å². The Morgan fingerprint density at radius 1 is 1.07 bits per heavy atom. The number of aromatic carboxylic acids is 1. The summed E-state index contributed by atoms with van der Waals surface area (Å²) < 4.78 is 0. The summed E-state index contributed by atoms with van der Waals surface area (Å²) in [6.07, 6.45) is -0.461. The van der Waals surface area contributed by atoms with E-state index in [0.29, 0.717) is 28.9 Å². The number of carbonyl (C=O) groups is 3. The number of aliphatic hydroxyl groups excluding tert-OH is 1. The summed E-state index contributed by atoms with van der Waals surface area (Å²) in [6, 6.07) is 13.8. The van der Waals surface area contributed by atoms with Crippen molar-refractivity contribution in [3.63, 3.8) is 0 Å². The number of nitriles is 1. The van der Waals surface area contributed by atoms with Gasteiger partial charge in [0.25, 0.3) is 11.7 Å². The number of amides is 2. The summed E-state index contributed by atoms with van der Waals surface area (Å²) in [4.78, 5) is 37.8. The van der Waals surface area contributed by atoms with Crippen molar-refractivity contribution in [1.82, 2.24) is 0 Å². The number of aryl methyl sites for hydroxylation is 1. The first kappa shape index (κ1) is 29.3. The van der Waals surface area contributed by atoms with Gasteiger partial charge in [-0.25, -0.2) is 4.79 Å². The van der Waals surface area contributed by atoms with Crippen molar-refractivity contribution in [3.05, 3.63) is 70.8 Å². The number of hydrogen-bond donors (Lipinski definition) is 5. The standard InChI is InChI=1S/C29H29N5O6/c1-5-26(37)34(4)24-13-25(36)22(12-20(24)19-8-7-18(10-15(19)2)32-16(3)35)27(31)28(38)33-23-9-6-17(14-30)11-21(23)29(39)40/h6-13,26,31,36-37H,5H2,1-4H3,(H,32,35)(H,33,38)(H,39,40)/p+1. The molecule has 0 aliphatic heterocycles. The van der Waals surface area contributed by atoms with Crippen LogP contribution in [0, 0.1) is 23.7 Å². The van der Waals surface area contributed by atoms with Crippen LogP contribution in [0.25, 0.3) is 11.1 Å². The largest absolute Gasteiger partial charge is 0.593 e. The predicted octanol–water partition coefficient (Wildman–Crippen LogP) is 3.80. The Hall–Kier alpha value is -5.21. The van der Waals surface area contributed by atoms with E-state index in [9.17, 15) is 24.6 Å². The van der Waals surface area contributed by atoms with Gasteiger partial charge in [0.1, 0.15) is 17.5 Å². The third kappa shape index (κ3) is 6.25. The number of benzene rings is 3. The van der Waals surface area contributed by atoms with Crippen molar-refractivity contribution in [2.45, 2.75) is 33.4 Å². The van der Waals surface area contributed by atoms with Gasteiger partial charge < -0.3 is 30.9 Å². The van der Waals surface area contributed by atoms with E-state index in [0.717, 1.165) is 11.6 Å². The van der Waals surface area contributed by atoms with E-state index < -0.39 is 23.8 Å². The van der Waals surface area contributed by atoms with Gasteiger partial charge in [-0.2, -0.15) is 5.26 Å². The van der Waals surface area contributed by atoms with E-state index in [1.807, 2.05) is 13.0 Å². The molecule has 7 N–H and O–H groups in total. The Kier molecular flexibility index (Phi) is 8.88. The van der Waals surface area contributed by atoms with E-state index in [-0.39, 0.29) is 34.0 Å². The summed E-state index contributed by atoms with van der Waals surface area (Å²) in [5.41, 5.74) is 2.14. The molecule has 0 fully saturated rings. The van der Waals surface area contributed by atoms with Crippen LogP contribution < -0.4 is 15.5 Å². The molecule has 3 aromatic rings. The van der Waals surface area contributed by atoms with Crippen molar-refractivity contribution in [1.29, 1.82) is 10.7 Å². The smallest absolute Gasteiger partial charge is 0.337 e. The Morgan fingerprint density at radius 3 is 2.35 bits per heavy atom. The van der Waals surface area contributed by atoms with Crippen molar-refractivity contribution in [2.24, 2.45) is 0 Å². The molecule has 0 aromatic heterocycles. The van der Waals surface area contributed by atoms with Gasteiger partial charge in [-0.05, 0) is 60.9 Å². The molecule has 3 rings (SSSR count). The van der Waals surface area contributed by atoms with Gasteiger partial charge in [-0.1, -0.05) is 13.0 Å². The molecule has 0 spiro atoms. The fraction of sp³-hybridized carbons (Fsp3) is 0.207. The second kappa shape index (κ2) is 12.1. The number of aliphatic hydroxyl groups is 1. The Bertz CT molecular complexity index is 1560. The van der Waals surface area contributed by atoms with Crippen molar-refractivity contribution in [2.75, 3.05) is 22.6 Å². The number of hydrogen-bond acceptors (Lipinski definition) is 7. The van der Waals surface area contributed by atoms with Crippen LogP contribution in [0.4, 0.5) is 17.1 Å². The van der Waals surface area contributed by atoms with Crippen LogP contribution in [-0.4, -0.2) is 52.1 Å². The highest BCUT2D eigenvalue weighted by Gasteiger charge is 2.26. The first-order chi connectivity index (χ1) is 18.9. The van der Waals surface area contributed by atoms with Gasteiger partial charge >= 0.3 is 5.97 Å². The minimum Gasteiger partial charge on any atom is -0.593 e. The van der Waals surface area contributed by atoms with Gasteiger partial charge in [0, 0.05) is 25.2 Å². The summed E-state index contributed by atoms with van der Waals surface area (Å²) in [5, 5.41) is 51.4. The first-order valence-corrected chi connectivity index (χ1v) is 12.2. The molecule has 0 heterocycles. The van der Waals surface area contributed by atoms with Crippen LogP contribution in [0.5, 0.6) is 5.75 Å². The molecule has 206 valence electrons. The van der Waals surface area contributed by atoms with E-state index in [4.69, 9.17) is 15.8 Å². The minimum atomic E-state index is -1.36. The molecule has 0 aliphatic rings. The molecule has 3 aromatic carbocycles. The number of rotatable bonds is 9. The minimum absolute atomic E-state index is 0.0218. The van der Waals surface area contributed by atoms with Gasteiger partial charge in [0.2, 0.25) is 5.91 Å². The molecule has 1 unspecified atom stereocenters. The maximum atomic E-state index is 13.1. The molecular weight excluding hydrogens is 514 g/mol. The maximum Gasteiger partial charge on any atom is 0.337 e. The summed E-state index contributed by atoms with van der Waals surface area (Å²) in [5.74, 6) is -2.69. The third-order valence-corrected chi connectivity index (χ3v) is 6.29. The number of anilines is 3. The quantitative estimate of drug-likeness (QED) is 0.154. The molecule has 40 heavy (non-hydrogen) atoms. The highest BCUT2D eigenvalue weighted by molar-refractivity contribution is 6.48. The average molecular weight is 545 g/mol. The number of carboxylic acids is 1. The highest BCUT2D eigenvalue weighted by atomic mass is 16.4. The molecule has 0 saturated carbocycles. The molecule has 0 radical (unpaired) electrons. The lowest BCUT2D eigenvalue weighted by Gasteiger charge is -2.28. The van der Waals surface area contributed by atoms with Gasteiger partial charge in [-0.3, -0.25) is 15.0 Å². The molecule has 0 saturated heterocycles. The molecule has 11 nitrogen and oxygen atoms in total. The van der Waals surface area contributed by atoms with Crippen LogP contribution in [0.1, 0.15) is 47.3 Å². The number of carbonyl (C=O) groups excluding carboxylic acids is 2. The SMILES string of the molecule is CCC(O)N(C)c1cc([OH2+])c(C(=N)C(=O)Nc2ccc(C#N)cc2C(=O)O)cc1-c1ccc(NC(C)=O)cc1C. The zero-order valence-corrected chi connectivity index (χ0v) is 22.4. The number of nitrogens with zero attached hydrogens (tertiary/aromatic N) is 2. The molecule has 1 atom stereocenters. The fourth-order valence-electron chi connectivity index (χ4n) is 4.19. The zero-order chi connectivity index (χ0) is 29.7. The monoisotopic (exact) mass is 544 g/mol. The zero-order valence-electron chi connectivity index (χ0n) is 22.4. The predicted molar refractivity (Wildman–Crippen MR) is 152 cm³/mol. The first-order valence-electron chi connectivity index (χ1n) is 12.2. The van der Waals surface area contributed by atoms with Crippen LogP contribution in [0.15, 0.2) is 48.5 Å². The summed E-state index contributed by atoms with van der Waals surface area (Å²) >= 11 is 0. The lowest BCUT2D eigenvalue weighted by molar-refractivity contribution is -0.114. The van der Waals surface area contributed by atoms with Crippen LogP contribution in [0.3, 0.4) is 0 Å². The number of carboxylic acid groups (broad SMARTS) is 1. The van der Waals surface area contributed by atoms with Crippen molar-refractivity contribution in [3.8, 4) is 22.9 Å². The summed E-state index contributed by atoms with van der Waals surface area (Å²) in [7, 11) is 1.67. The van der Waals surface area contributed by atoms with Gasteiger partial charge in [0.05, 0.1) is 34.6 Å². The van der Waals surface area contributed by atoms with Crippen molar-refractivity contribution >= 4 is 40.6 Å². The Morgan fingerprint density at radius 2 is 1.77 bits per heavy atom. The maximum absolute atomic E-state index is 13.1. The Balaban J connectivity index is 2.10. The normalized spacial score (nSPS) is 11.2. The average Bonchev–Trinajstić information content (AvgIpc) is 2.91. The second-order valence-electron chi connectivity index (χ2n) is 9.13. The molecule has 0 bridgehead atoms. The fourth-order valence-corrected chi connectivity index (χ4v) is 4.19. The molecule has 0 aliphatic carbocycles. The van der Waals surface area contributed by atoms with E-state index >= 15 is 0 Å². The van der Waals surface area contributed by atoms with Gasteiger partial charge in [-0.15, -0.1) is 0 Å². The third-order valence-electron chi connectivity index (χ3n) is 6.29. The second-order valence-corrected chi connectivity index (χ2v) is 9.13. The van der Waals surface area contributed by atoms with Crippen LogP contribution in [-0.2, 0) is 9.59 Å². The van der Waals surface area contributed by atoms with Crippen LogP contribution in [0.2, 0.25) is 0 Å². The highest BCUT2D eigenvalue weighted by Crippen LogP contribution is 2.39. The summed E-state index contributed by atoms with van der Waals surface area (Å²) in [6.45, 7) is 5.03. The van der Waals surface area contributed by atoms with E-state index in [1.165, 1.54) is 31.2 Å². The molecule has 11 heteroatoms. The van der Waals surface area contributed by atoms with E-state index in [2.05, 4.69) is 10.6 Å². The van der Waals surface area contributed by atoms with Crippen LogP contribution >= 0.6 is 0 Å². The van der Waals surface area contributed by atoms with E-state index in [1.54, 1.807) is 37.1 Å². The van der Waals surface area contributed by atoms with Gasteiger partial charge in [0.15, 0.2) is 0 Å². The lowest BCUT2D eigenvalue weighted by Crippen LogP contribution is -2.31. The van der Waals surface area contributed by atoms with Crippen molar-refractivity contribution < 1.29 is 29.7 Å². The molecule has 2 amide bonds. The lowest BCUT2D eigenvalue weighted by atomic mass is 9.93. The topological polar surface area (TPSA) is 190 Å². The number of nitrogens with one attached hydrogen (secondary N) is 3.